The highest BCUT2D eigenvalue weighted by molar-refractivity contribution is 6.32. The van der Waals surface area contributed by atoms with Crippen LogP contribution >= 0.6 is 11.6 Å². The van der Waals surface area contributed by atoms with E-state index in [1.165, 1.54) is 0 Å². The molecule has 23 heavy (non-hydrogen) atoms. The number of carbonyl (C=O) groups is 1. The van der Waals surface area contributed by atoms with Gasteiger partial charge in [-0.1, -0.05) is 29.8 Å². The lowest BCUT2D eigenvalue weighted by molar-refractivity contribution is 0.101. The van der Waals surface area contributed by atoms with E-state index >= 15 is 0 Å². The van der Waals surface area contributed by atoms with Crippen molar-refractivity contribution < 1.29 is 19.0 Å². The number of hydrogen-bond acceptors (Lipinski definition) is 4. The van der Waals surface area contributed by atoms with Crippen LogP contribution in [0.1, 0.15) is 15.9 Å². The monoisotopic (exact) mass is 328 g/mol. The molecule has 2 aromatic carbocycles. The predicted molar refractivity (Wildman–Crippen MR) is 86.1 cm³/mol. The van der Waals surface area contributed by atoms with Crippen LogP contribution in [0.25, 0.3) is 6.08 Å². The summed E-state index contributed by atoms with van der Waals surface area (Å²) in [5, 5.41) is 0.570. The van der Waals surface area contributed by atoms with Crippen molar-refractivity contribution in [2.75, 3.05) is 13.2 Å². The molecule has 0 amide bonds. The van der Waals surface area contributed by atoms with Crippen LogP contribution in [-0.2, 0) is 4.74 Å². The number of fused-ring (bicyclic) bond motifs is 1. The second-order valence-corrected chi connectivity index (χ2v) is 5.79. The van der Waals surface area contributed by atoms with E-state index in [9.17, 15) is 4.79 Å². The summed E-state index contributed by atoms with van der Waals surface area (Å²) in [4.78, 5) is 12.4. The lowest BCUT2D eigenvalue weighted by Gasteiger charge is -2.05. The number of Topliss-reactive ketones (excluding diaryl/α,β-unsaturated/α-hetero) is 1. The molecule has 0 aliphatic carbocycles. The molecule has 2 aliphatic heterocycles. The van der Waals surface area contributed by atoms with Gasteiger partial charge in [-0.15, -0.1) is 0 Å². The van der Waals surface area contributed by atoms with Crippen molar-refractivity contribution >= 4 is 23.5 Å². The molecule has 1 fully saturated rings. The first-order chi connectivity index (χ1) is 11.2. The number of ether oxygens (including phenoxy) is 3. The molecule has 0 bridgehead atoms. The van der Waals surface area contributed by atoms with Gasteiger partial charge in [0.05, 0.1) is 12.2 Å². The standard InChI is InChI=1S/C18H13ClO4/c19-15-4-2-1-3-11(15)7-17-18(20)14-6-5-12(8-16(14)23-17)21-9-13-10-22-13/h1-8,13H,9-10H2/b17-7-/t13-/m1/s1. The zero-order chi connectivity index (χ0) is 15.8. The quantitative estimate of drug-likeness (QED) is 0.634. The van der Waals surface area contributed by atoms with E-state index in [1.807, 2.05) is 18.2 Å². The number of halogens is 1. The third-order valence-corrected chi connectivity index (χ3v) is 4.02. The molecule has 2 aliphatic rings. The van der Waals surface area contributed by atoms with E-state index in [-0.39, 0.29) is 17.6 Å². The molecule has 0 radical (unpaired) electrons. The largest absolute Gasteiger partial charge is 0.491 e. The first kappa shape index (κ1) is 14.3. The molecule has 0 spiro atoms. The van der Waals surface area contributed by atoms with Crippen LogP contribution in [0.15, 0.2) is 48.2 Å². The summed E-state index contributed by atoms with van der Waals surface area (Å²) < 4.78 is 16.4. The minimum atomic E-state index is -0.156. The van der Waals surface area contributed by atoms with Crippen LogP contribution in [-0.4, -0.2) is 25.1 Å². The molecule has 0 N–H and O–H groups in total. The van der Waals surface area contributed by atoms with E-state index in [2.05, 4.69) is 0 Å². The fraction of sp³-hybridized carbons (Fsp3) is 0.167. The number of benzene rings is 2. The van der Waals surface area contributed by atoms with E-state index in [4.69, 9.17) is 25.8 Å². The Hall–Kier alpha value is -2.30. The first-order valence-electron chi connectivity index (χ1n) is 7.28. The average Bonchev–Trinajstić information content (AvgIpc) is 3.33. The molecule has 4 nitrogen and oxygen atoms in total. The molecule has 1 atom stereocenters. The van der Waals surface area contributed by atoms with Gasteiger partial charge in [0.25, 0.3) is 0 Å². The normalized spacial score (nSPS) is 20.3. The van der Waals surface area contributed by atoms with Crippen LogP contribution in [0.4, 0.5) is 0 Å². The van der Waals surface area contributed by atoms with Gasteiger partial charge < -0.3 is 14.2 Å². The van der Waals surface area contributed by atoms with Crippen molar-refractivity contribution in [3.05, 3.63) is 64.4 Å². The summed E-state index contributed by atoms with van der Waals surface area (Å²) in [6.07, 6.45) is 1.84. The third kappa shape index (κ3) is 2.96. The molecular formula is C18H13ClO4. The van der Waals surface area contributed by atoms with Gasteiger partial charge in [-0.2, -0.15) is 0 Å². The highest BCUT2D eigenvalue weighted by Crippen LogP contribution is 2.35. The SMILES string of the molecule is O=C1/C(=C/c2ccccc2Cl)Oc2cc(OC[C@@H]3CO3)ccc21. The predicted octanol–water partition coefficient (Wildman–Crippen LogP) is 3.73. The Morgan fingerprint density at radius 1 is 1.26 bits per heavy atom. The number of ketones is 1. The highest BCUT2D eigenvalue weighted by atomic mass is 35.5. The van der Waals surface area contributed by atoms with E-state index < -0.39 is 0 Å². The average molecular weight is 329 g/mol. The first-order valence-corrected chi connectivity index (χ1v) is 7.66. The minimum Gasteiger partial charge on any atom is -0.491 e. The van der Waals surface area contributed by atoms with Gasteiger partial charge in [0, 0.05) is 11.1 Å². The molecule has 4 rings (SSSR count). The lowest BCUT2D eigenvalue weighted by Crippen LogP contribution is -2.03. The molecule has 116 valence electrons. The van der Waals surface area contributed by atoms with Crippen molar-refractivity contribution in [1.29, 1.82) is 0 Å². The van der Waals surface area contributed by atoms with Crippen LogP contribution < -0.4 is 9.47 Å². The van der Waals surface area contributed by atoms with Crippen molar-refractivity contribution in [3.63, 3.8) is 0 Å². The topological polar surface area (TPSA) is 48.1 Å². The summed E-state index contributed by atoms with van der Waals surface area (Å²) in [5.74, 6) is 1.27. The fourth-order valence-corrected chi connectivity index (χ4v) is 2.53. The summed E-state index contributed by atoms with van der Waals surface area (Å²) in [6, 6.07) is 12.5. The molecule has 2 heterocycles. The van der Waals surface area contributed by atoms with E-state index in [0.717, 1.165) is 12.2 Å². The van der Waals surface area contributed by atoms with Crippen molar-refractivity contribution in [1.82, 2.24) is 0 Å². The van der Waals surface area contributed by atoms with Crippen LogP contribution in [0, 0.1) is 0 Å². The Kier molecular flexibility index (Phi) is 3.56. The number of rotatable bonds is 4. The summed E-state index contributed by atoms with van der Waals surface area (Å²) in [5.41, 5.74) is 1.27. The fourth-order valence-electron chi connectivity index (χ4n) is 2.34. The number of hydrogen-bond donors (Lipinski definition) is 0. The molecule has 5 heteroatoms. The second-order valence-electron chi connectivity index (χ2n) is 5.39. The number of allylic oxidation sites excluding steroid dienone is 1. The maximum absolute atomic E-state index is 12.4. The molecule has 1 saturated heterocycles. The number of epoxide rings is 1. The zero-order valence-corrected chi connectivity index (χ0v) is 12.9. The molecule has 2 aromatic rings. The maximum Gasteiger partial charge on any atom is 0.231 e. The van der Waals surface area contributed by atoms with Gasteiger partial charge in [-0.25, -0.2) is 0 Å². The Labute approximate surface area is 138 Å². The second kappa shape index (κ2) is 5.72. The smallest absolute Gasteiger partial charge is 0.231 e. The van der Waals surface area contributed by atoms with Gasteiger partial charge in [0.15, 0.2) is 5.76 Å². The number of carbonyl (C=O) groups excluding carboxylic acids is 1. The van der Waals surface area contributed by atoms with Gasteiger partial charge in [-0.3, -0.25) is 4.79 Å². The maximum atomic E-state index is 12.4. The summed E-state index contributed by atoms with van der Waals surface area (Å²) in [7, 11) is 0. The molecular weight excluding hydrogens is 316 g/mol. The Bertz CT molecular complexity index is 808. The van der Waals surface area contributed by atoms with Gasteiger partial charge in [0.1, 0.15) is 24.2 Å². The Morgan fingerprint density at radius 2 is 2.09 bits per heavy atom. The molecule has 0 aromatic heterocycles. The lowest BCUT2D eigenvalue weighted by atomic mass is 10.1. The summed E-state index contributed by atoms with van der Waals surface area (Å²) in [6.45, 7) is 1.25. The van der Waals surface area contributed by atoms with Crippen LogP contribution in [0.5, 0.6) is 11.5 Å². The highest BCUT2D eigenvalue weighted by Gasteiger charge is 2.28. The van der Waals surface area contributed by atoms with Gasteiger partial charge in [-0.05, 0) is 29.8 Å². The Balaban J connectivity index is 1.58. The minimum absolute atomic E-state index is 0.156. The molecule has 0 unspecified atom stereocenters. The zero-order valence-electron chi connectivity index (χ0n) is 12.1. The van der Waals surface area contributed by atoms with Crippen molar-refractivity contribution in [3.8, 4) is 11.5 Å². The van der Waals surface area contributed by atoms with E-state index in [0.29, 0.717) is 28.7 Å². The van der Waals surface area contributed by atoms with E-state index in [1.54, 1.807) is 30.3 Å². The van der Waals surface area contributed by atoms with Gasteiger partial charge in [0.2, 0.25) is 5.78 Å². The van der Waals surface area contributed by atoms with Crippen LogP contribution in [0.2, 0.25) is 5.02 Å². The van der Waals surface area contributed by atoms with Crippen LogP contribution in [0.3, 0.4) is 0 Å². The summed E-state index contributed by atoms with van der Waals surface area (Å²) >= 11 is 6.12. The Morgan fingerprint density at radius 3 is 2.87 bits per heavy atom. The van der Waals surface area contributed by atoms with Crippen molar-refractivity contribution in [2.24, 2.45) is 0 Å². The molecule has 0 saturated carbocycles. The van der Waals surface area contributed by atoms with Crippen molar-refractivity contribution in [2.45, 2.75) is 6.10 Å². The van der Waals surface area contributed by atoms with Gasteiger partial charge >= 0.3 is 0 Å². The third-order valence-electron chi connectivity index (χ3n) is 3.67.